The lowest BCUT2D eigenvalue weighted by atomic mass is 9.99. The fourth-order valence-electron chi connectivity index (χ4n) is 3.14. The van der Waals surface area contributed by atoms with Crippen LogP contribution in [0.3, 0.4) is 0 Å². The largest absolute Gasteiger partial charge is 0.488 e. The van der Waals surface area contributed by atoms with E-state index in [0.717, 1.165) is 28.2 Å². The van der Waals surface area contributed by atoms with Gasteiger partial charge >= 0.3 is 5.97 Å². The third-order valence-corrected chi connectivity index (χ3v) is 6.17. The molecule has 2 aromatic carbocycles. The zero-order valence-electron chi connectivity index (χ0n) is 16.5. The van der Waals surface area contributed by atoms with E-state index in [1.165, 1.54) is 12.1 Å². The van der Waals surface area contributed by atoms with Crippen molar-refractivity contribution in [1.82, 2.24) is 4.37 Å². The molecule has 1 aromatic heterocycles. The Hall–Kier alpha value is -2.51. The van der Waals surface area contributed by atoms with Gasteiger partial charge in [-0.15, -0.1) is 0 Å². The second-order valence-electron chi connectivity index (χ2n) is 6.85. The number of hydrogen-bond donors (Lipinski definition) is 1. The molecule has 4 nitrogen and oxygen atoms in total. The van der Waals surface area contributed by atoms with Crippen LogP contribution < -0.4 is 4.74 Å². The summed E-state index contributed by atoms with van der Waals surface area (Å²) in [4.78, 5) is 11.3. The first-order valence-electron chi connectivity index (χ1n) is 9.24. The number of aryl methyl sites for hydroxylation is 1. The Morgan fingerprint density at radius 2 is 2.00 bits per heavy atom. The average molecular weight is 452 g/mol. The van der Waals surface area contributed by atoms with Crippen LogP contribution in [0.1, 0.15) is 33.6 Å². The molecular weight excluding hydrogens is 432 g/mol. The Kier molecular flexibility index (Phi) is 7.05. The monoisotopic (exact) mass is 451 g/mol. The molecule has 158 valence electrons. The van der Waals surface area contributed by atoms with Crippen LogP contribution in [-0.2, 0) is 24.5 Å². The van der Waals surface area contributed by atoms with Crippen LogP contribution in [0.4, 0.5) is 8.78 Å². The molecule has 0 amide bonds. The standard InChI is InChI=1S/C22H20ClF2NO3S/c1-12-13(2)19(7-4-14(12)5-8-21(27)28)29-11-16-20(10-24)30-26-22(16)15-3-6-17(23)18(25)9-15/h3-4,6-7,9H,5,8,10-11H2,1-2H3,(H,27,28). The molecule has 0 spiro atoms. The summed E-state index contributed by atoms with van der Waals surface area (Å²) < 4.78 is 37.6. The number of ether oxygens (including phenoxy) is 1. The number of alkyl halides is 1. The quantitative estimate of drug-likeness (QED) is 0.437. The Bertz CT molecular complexity index is 1080. The maximum atomic E-state index is 13.9. The topological polar surface area (TPSA) is 59.4 Å². The Balaban J connectivity index is 1.85. The lowest BCUT2D eigenvalue weighted by Crippen LogP contribution is -2.04. The SMILES string of the molecule is Cc1c(CCC(=O)O)ccc(OCc2c(-c3ccc(Cl)c(F)c3)nsc2CF)c1C. The summed E-state index contributed by atoms with van der Waals surface area (Å²) in [7, 11) is 0. The first-order valence-corrected chi connectivity index (χ1v) is 10.4. The molecule has 0 radical (unpaired) electrons. The van der Waals surface area contributed by atoms with Crippen LogP contribution in [0.2, 0.25) is 5.02 Å². The van der Waals surface area contributed by atoms with Crippen LogP contribution in [0, 0.1) is 19.7 Å². The third-order valence-electron chi connectivity index (χ3n) is 5.01. The van der Waals surface area contributed by atoms with Gasteiger partial charge in [-0.2, -0.15) is 4.37 Å². The van der Waals surface area contributed by atoms with Crippen LogP contribution in [0.25, 0.3) is 11.3 Å². The number of hydrogen-bond acceptors (Lipinski definition) is 4. The van der Waals surface area contributed by atoms with Crippen molar-refractivity contribution in [2.45, 2.75) is 40.0 Å². The van der Waals surface area contributed by atoms with Crippen molar-refractivity contribution in [2.75, 3.05) is 0 Å². The summed E-state index contributed by atoms with van der Waals surface area (Å²) in [5.41, 5.74) is 4.33. The van der Waals surface area contributed by atoms with E-state index in [0.29, 0.717) is 33.9 Å². The molecule has 1 heterocycles. The summed E-state index contributed by atoms with van der Waals surface area (Å²) >= 11 is 6.78. The number of rotatable bonds is 8. The lowest BCUT2D eigenvalue weighted by molar-refractivity contribution is -0.136. The minimum atomic E-state index is -0.845. The second-order valence-corrected chi connectivity index (χ2v) is 8.12. The lowest BCUT2D eigenvalue weighted by Gasteiger charge is -2.15. The van der Waals surface area contributed by atoms with Crippen LogP contribution in [0.5, 0.6) is 5.75 Å². The molecule has 8 heteroatoms. The van der Waals surface area contributed by atoms with Gasteiger partial charge in [-0.1, -0.05) is 23.7 Å². The molecule has 3 rings (SSSR count). The summed E-state index contributed by atoms with van der Waals surface area (Å²) in [6, 6.07) is 7.98. The van der Waals surface area contributed by atoms with Gasteiger partial charge in [0, 0.05) is 17.5 Å². The summed E-state index contributed by atoms with van der Waals surface area (Å²) in [5.74, 6) is -0.794. The highest BCUT2D eigenvalue weighted by Gasteiger charge is 2.18. The van der Waals surface area contributed by atoms with E-state index in [-0.39, 0.29) is 18.1 Å². The molecule has 0 aliphatic rings. The molecule has 1 N–H and O–H groups in total. The molecule has 30 heavy (non-hydrogen) atoms. The van der Waals surface area contributed by atoms with Crippen LogP contribution in [-0.4, -0.2) is 15.4 Å². The van der Waals surface area contributed by atoms with Crippen molar-refractivity contribution >= 4 is 29.1 Å². The van der Waals surface area contributed by atoms with Crippen molar-refractivity contribution < 1.29 is 23.4 Å². The molecule has 3 aromatic rings. The minimum Gasteiger partial charge on any atom is -0.488 e. The van der Waals surface area contributed by atoms with Gasteiger partial charge in [-0.25, -0.2) is 8.78 Å². The fraction of sp³-hybridized carbons (Fsp3) is 0.273. The number of carboxylic acid groups (broad SMARTS) is 1. The molecule has 0 saturated heterocycles. The van der Waals surface area contributed by atoms with Gasteiger partial charge in [0.25, 0.3) is 0 Å². The van der Waals surface area contributed by atoms with E-state index in [1.807, 2.05) is 19.9 Å². The van der Waals surface area contributed by atoms with Crippen molar-refractivity contribution in [3.63, 3.8) is 0 Å². The van der Waals surface area contributed by atoms with Crippen LogP contribution >= 0.6 is 23.1 Å². The summed E-state index contributed by atoms with van der Waals surface area (Å²) in [6.45, 7) is 3.19. The Labute approximate surface area is 182 Å². The van der Waals surface area contributed by atoms with E-state index in [1.54, 1.807) is 12.1 Å². The second kappa shape index (κ2) is 9.53. The number of benzene rings is 2. The molecule has 0 saturated carbocycles. The highest BCUT2D eigenvalue weighted by Crippen LogP contribution is 2.33. The zero-order chi connectivity index (χ0) is 21.8. The molecule has 0 fully saturated rings. The van der Waals surface area contributed by atoms with Gasteiger partial charge in [0.2, 0.25) is 0 Å². The summed E-state index contributed by atoms with van der Waals surface area (Å²) in [6.07, 6.45) is 0.497. The van der Waals surface area contributed by atoms with Gasteiger partial charge in [-0.05, 0) is 66.7 Å². The number of halogens is 3. The molecule has 0 atom stereocenters. The van der Waals surface area contributed by atoms with E-state index >= 15 is 0 Å². The van der Waals surface area contributed by atoms with Gasteiger partial charge < -0.3 is 9.84 Å². The molecule has 0 unspecified atom stereocenters. The predicted molar refractivity (Wildman–Crippen MR) is 114 cm³/mol. The Morgan fingerprint density at radius 3 is 2.67 bits per heavy atom. The molecule has 0 aliphatic carbocycles. The first-order chi connectivity index (χ1) is 14.3. The van der Waals surface area contributed by atoms with Crippen molar-refractivity contribution in [3.8, 4) is 17.0 Å². The highest BCUT2D eigenvalue weighted by atomic mass is 35.5. The molecule has 0 bridgehead atoms. The normalized spacial score (nSPS) is 11.0. The van der Waals surface area contributed by atoms with Crippen LogP contribution in [0.15, 0.2) is 30.3 Å². The van der Waals surface area contributed by atoms with Gasteiger partial charge in [0.1, 0.15) is 24.8 Å². The highest BCUT2D eigenvalue weighted by molar-refractivity contribution is 7.06. The number of aromatic nitrogens is 1. The first kappa shape index (κ1) is 22.2. The van der Waals surface area contributed by atoms with Gasteiger partial charge in [-0.3, -0.25) is 4.79 Å². The number of carbonyl (C=O) groups is 1. The van der Waals surface area contributed by atoms with E-state index < -0.39 is 18.5 Å². The third kappa shape index (κ3) is 4.79. The maximum Gasteiger partial charge on any atom is 0.303 e. The van der Waals surface area contributed by atoms with Crippen molar-refractivity contribution in [3.05, 3.63) is 68.3 Å². The average Bonchev–Trinajstić information content (AvgIpc) is 3.13. The predicted octanol–water partition coefficient (Wildman–Crippen LogP) is 6.29. The smallest absolute Gasteiger partial charge is 0.303 e. The van der Waals surface area contributed by atoms with Crippen molar-refractivity contribution in [1.29, 1.82) is 0 Å². The van der Waals surface area contributed by atoms with Gasteiger partial charge in [0.05, 0.1) is 15.6 Å². The van der Waals surface area contributed by atoms with E-state index in [9.17, 15) is 13.6 Å². The fourth-order valence-corrected chi connectivity index (χ4v) is 3.99. The molecule has 0 aliphatic heterocycles. The Morgan fingerprint density at radius 1 is 1.23 bits per heavy atom. The number of nitrogens with zero attached hydrogens (tertiary/aromatic N) is 1. The number of carboxylic acids is 1. The minimum absolute atomic E-state index is 0.00609. The number of aliphatic carboxylic acids is 1. The van der Waals surface area contributed by atoms with E-state index in [2.05, 4.69) is 4.37 Å². The molecular formula is C22H20ClF2NO3S. The summed E-state index contributed by atoms with van der Waals surface area (Å²) in [5, 5.41) is 8.90. The van der Waals surface area contributed by atoms with Crippen molar-refractivity contribution in [2.24, 2.45) is 0 Å². The maximum absolute atomic E-state index is 13.9. The van der Waals surface area contributed by atoms with Gasteiger partial charge in [0.15, 0.2) is 0 Å². The zero-order valence-corrected chi connectivity index (χ0v) is 18.0. The van der Waals surface area contributed by atoms with E-state index in [4.69, 9.17) is 21.4 Å².